The molecule has 2 rings (SSSR count). The predicted molar refractivity (Wildman–Crippen MR) is 72.3 cm³/mol. The van der Waals surface area contributed by atoms with Crippen LogP contribution in [0.2, 0.25) is 0 Å². The summed E-state index contributed by atoms with van der Waals surface area (Å²) in [6.07, 6.45) is 0. The molecule has 1 aromatic heterocycles. The van der Waals surface area contributed by atoms with Gasteiger partial charge in [0.25, 0.3) is 0 Å². The second-order valence-corrected chi connectivity index (χ2v) is 4.38. The molecule has 0 unspecified atom stereocenters. The summed E-state index contributed by atoms with van der Waals surface area (Å²) in [5.41, 5.74) is 4.95. The van der Waals surface area contributed by atoms with E-state index in [-0.39, 0.29) is 17.4 Å². The number of aromatic nitrogens is 1. The van der Waals surface area contributed by atoms with E-state index in [1.54, 1.807) is 0 Å². The van der Waals surface area contributed by atoms with Gasteiger partial charge in [-0.25, -0.2) is 0 Å². The zero-order valence-corrected chi connectivity index (χ0v) is 10.3. The highest BCUT2D eigenvalue weighted by Gasteiger charge is 2.11. The van der Waals surface area contributed by atoms with Gasteiger partial charge >= 0.3 is 0 Å². The van der Waals surface area contributed by atoms with Gasteiger partial charge in [0.1, 0.15) is 0 Å². The van der Waals surface area contributed by atoms with E-state index in [4.69, 9.17) is 0 Å². The number of phenolic OH excluding ortho intramolecular Hbond substituents is 2. The number of fused-ring (bicyclic) bond motifs is 1. The largest absolute Gasteiger partial charge is 0.504 e. The summed E-state index contributed by atoms with van der Waals surface area (Å²) in [7, 11) is 0. The van der Waals surface area contributed by atoms with Crippen molar-refractivity contribution >= 4 is 23.3 Å². The average molecular weight is 245 g/mol. The molecule has 0 amide bonds. The number of rotatable bonds is 3. The van der Waals surface area contributed by atoms with E-state index in [1.807, 2.05) is 19.9 Å². The smallest absolute Gasteiger partial charge is 0.159 e. The van der Waals surface area contributed by atoms with Gasteiger partial charge in [0, 0.05) is 23.9 Å². The molecule has 0 aliphatic carbocycles. The van der Waals surface area contributed by atoms with Gasteiger partial charge in [0.2, 0.25) is 0 Å². The molecule has 94 valence electrons. The first kappa shape index (κ1) is 12.2. The highest BCUT2D eigenvalue weighted by molar-refractivity contribution is 5.93. The number of nitrogens with one attached hydrogen (secondary N) is 1. The molecule has 0 saturated carbocycles. The third kappa shape index (κ3) is 2.07. The summed E-state index contributed by atoms with van der Waals surface area (Å²) in [6, 6.07) is 4.75. The van der Waals surface area contributed by atoms with E-state index in [9.17, 15) is 10.2 Å². The number of nitrogens with zero attached hydrogens (tertiary/aromatic N) is 2. The molecule has 1 aromatic carbocycles. The Morgan fingerprint density at radius 3 is 2.50 bits per heavy atom. The van der Waals surface area contributed by atoms with Gasteiger partial charge in [-0.05, 0) is 18.1 Å². The van der Waals surface area contributed by atoms with Gasteiger partial charge in [-0.2, -0.15) is 5.10 Å². The van der Waals surface area contributed by atoms with Crippen LogP contribution in [0.3, 0.4) is 0 Å². The minimum absolute atomic E-state index is 0.186. The van der Waals surface area contributed by atoms with Crippen LogP contribution in [0.15, 0.2) is 23.3 Å². The van der Waals surface area contributed by atoms with E-state index >= 15 is 0 Å². The normalized spacial score (nSPS) is 10.8. The van der Waals surface area contributed by atoms with E-state index < -0.39 is 0 Å². The Hall–Kier alpha value is -2.30. The Morgan fingerprint density at radius 1 is 1.22 bits per heavy atom. The van der Waals surface area contributed by atoms with Gasteiger partial charge in [-0.3, -0.25) is 10.4 Å². The van der Waals surface area contributed by atoms with Gasteiger partial charge in [0.05, 0.1) is 11.2 Å². The lowest BCUT2D eigenvalue weighted by Crippen LogP contribution is -1.97. The summed E-state index contributed by atoms with van der Waals surface area (Å²) < 4.78 is 0. The van der Waals surface area contributed by atoms with Crippen LogP contribution in [0.25, 0.3) is 10.9 Å². The maximum atomic E-state index is 9.54. The Kier molecular flexibility index (Phi) is 3.06. The van der Waals surface area contributed by atoms with Crippen molar-refractivity contribution in [2.45, 2.75) is 19.8 Å². The number of hydrazone groups is 1. The lowest BCUT2D eigenvalue weighted by atomic mass is 10.1. The molecular formula is C13H15N3O2. The molecule has 0 atom stereocenters. The molecule has 5 nitrogen and oxygen atoms in total. The molecule has 18 heavy (non-hydrogen) atoms. The van der Waals surface area contributed by atoms with Crippen LogP contribution < -0.4 is 5.43 Å². The molecule has 2 aromatic rings. The monoisotopic (exact) mass is 245 g/mol. The van der Waals surface area contributed by atoms with E-state index in [1.165, 1.54) is 12.1 Å². The molecule has 0 saturated heterocycles. The minimum Gasteiger partial charge on any atom is -0.504 e. The fourth-order valence-corrected chi connectivity index (χ4v) is 1.74. The predicted octanol–water partition coefficient (Wildman–Crippen LogP) is 2.80. The topological polar surface area (TPSA) is 77.7 Å². The van der Waals surface area contributed by atoms with E-state index in [0.717, 1.165) is 5.69 Å². The number of aromatic hydroxyl groups is 2. The van der Waals surface area contributed by atoms with Crippen LogP contribution in [-0.4, -0.2) is 21.9 Å². The van der Waals surface area contributed by atoms with Crippen molar-refractivity contribution in [3.8, 4) is 11.5 Å². The standard InChI is InChI=1S/C13H15N3O2/c1-7(2)9-5-11(16-14-3)8-4-12(17)13(18)6-10(8)15-9/h4-7,17-18H,3H2,1-2H3,(H,15,16). The number of benzene rings is 1. The van der Waals surface area contributed by atoms with Crippen LogP contribution >= 0.6 is 0 Å². The fourth-order valence-electron chi connectivity index (χ4n) is 1.74. The Labute approximate surface area is 105 Å². The molecule has 3 N–H and O–H groups in total. The highest BCUT2D eigenvalue weighted by atomic mass is 16.3. The summed E-state index contributed by atoms with van der Waals surface area (Å²) in [5, 5.41) is 23.4. The molecule has 0 aliphatic heterocycles. The fraction of sp³-hybridized carbons (Fsp3) is 0.231. The zero-order valence-electron chi connectivity index (χ0n) is 10.3. The molecule has 0 bridgehead atoms. The molecule has 0 aliphatic rings. The first-order valence-electron chi connectivity index (χ1n) is 5.61. The molecule has 1 heterocycles. The molecule has 0 spiro atoms. The lowest BCUT2D eigenvalue weighted by Gasteiger charge is -2.11. The first-order chi connectivity index (χ1) is 8.52. The number of phenols is 2. The van der Waals surface area contributed by atoms with E-state index in [0.29, 0.717) is 16.6 Å². The molecule has 0 radical (unpaired) electrons. The van der Waals surface area contributed by atoms with Gasteiger partial charge < -0.3 is 10.2 Å². The maximum Gasteiger partial charge on any atom is 0.159 e. The quantitative estimate of drug-likeness (QED) is 0.441. The molecular weight excluding hydrogens is 230 g/mol. The van der Waals surface area contributed by atoms with Crippen molar-refractivity contribution < 1.29 is 10.2 Å². The van der Waals surface area contributed by atoms with Gasteiger partial charge in [-0.15, -0.1) is 0 Å². The number of pyridine rings is 1. The van der Waals surface area contributed by atoms with Crippen LogP contribution in [0, 0.1) is 0 Å². The SMILES string of the molecule is C=NNc1cc(C(C)C)nc2cc(O)c(O)cc12. The second-order valence-electron chi connectivity index (χ2n) is 4.38. The first-order valence-corrected chi connectivity index (χ1v) is 5.61. The summed E-state index contributed by atoms with van der Waals surface area (Å²) in [4.78, 5) is 4.45. The summed E-state index contributed by atoms with van der Waals surface area (Å²) >= 11 is 0. The highest BCUT2D eigenvalue weighted by Crippen LogP contribution is 2.34. The van der Waals surface area contributed by atoms with Crippen molar-refractivity contribution in [1.29, 1.82) is 0 Å². The third-order valence-electron chi connectivity index (χ3n) is 2.72. The molecule has 5 heteroatoms. The second kappa shape index (κ2) is 4.52. The molecule has 0 fully saturated rings. The lowest BCUT2D eigenvalue weighted by molar-refractivity contribution is 0.405. The average Bonchev–Trinajstić information content (AvgIpc) is 2.31. The minimum atomic E-state index is -0.187. The van der Waals surface area contributed by atoms with Crippen LogP contribution in [0.4, 0.5) is 5.69 Å². The van der Waals surface area contributed by atoms with Crippen molar-refractivity contribution in [1.82, 2.24) is 4.98 Å². The van der Waals surface area contributed by atoms with Crippen LogP contribution in [0.1, 0.15) is 25.5 Å². The number of hydrogen-bond acceptors (Lipinski definition) is 5. The van der Waals surface area contributed by atoms with Crippen molar-refractivity contribution in [3.05, 3.63) is 23.9 Å². The van der Waals surface area contributed by atoms with Gasteiger partial charge in [-0.1, -0.05) is 13.8 Å². The summed E-state index contributed by atoms with van der Waals surface area (Å²) in [5.74, 6) is -0.127. The Balaban J connectivity index is 2.76. The Bertz CT molecular complexity index is 609. The third-order valence-corrected chi connectivity index (χ3v) is 2.72. The van der Waals surface area contributed by atoms with Crippen molar-refractivity contribution in [3.63, 3.8) is 0 Å². The Morgan fingerprint density at radius 2 is 1.89 bits per heavy atom. The van der Waals surface area contributed by atoms with Crippen molar-refractivity contribution in [2.75, 3.05) is 5.43 Å². The van der Waals surface area contributed by atoms with Gasteiger partial charge in [0.15, 0.2) is 11.5 Å². The zero-order chi connectivity index (χ0) is 13.3. The van der Waals surface area contributed by atoms with Crippen LogP contribution in [-0.2, 0) is 0 Å². The number of hydrogen-bond donors (Lipinski definition) is 3. The van der Waals surface area contributed by atoms with Crippen molar-refractivity contribution in [2.24, 2.45) is 5.10 Å². The summed E-state index contributed by atoms with van der Waals surface area (Å²) in [6.45, 7) is 7.44. The van der Waals surface area contributed by atoms with Crippen LogP contribution in [0.5, 0.6) is 11.5 Å². The maximum absolute atomic E-state index is 9.54. The number of anilines is 1. The van der Waals surface area contributed by atoms with E-state index in [2.05, 4.69) is 22.2 Å².